The van der Waals surface area contributed by atoms with E-state index in [9.17, 15) is 9.59 Å². The third-order valence-electron chi connectivity index (χ3n) is 1.62. The van der Waals surface area contributed by atoms with E-state index >= 15 is 0 Å². The van der Waals surface area contributed by atoms with E-state index in [1.54, 1.807) is 20.8 Å². The number of nitrogens with one attached hydrogen (secondary N) is 2. The maximum atomic E-state index is 11.2. The average Bonchev–Trinajstić information content (AvgIpc) is 2.45. The topological polar surface area (TPSA) is 76.7 Å². The summed E-state index contributed by atoms with van der Waals surface area (Å²) in [6.07, 6.45) is -1.28. The number of ether oxygens (including phenoxy) is 2. The molecule has 1 aliphatic heterocycles. The molecular weight excluding hydrogens is 200 g/mol. The van der Waals surface area contributed by atoms with E-state index in [1.807, 2.05) is 0 Å². The Morgan fingerprint density at radius 2 is 2.33 bits per heavy atom. The van der Waals surface area contributed by atoms with Crippen molar-refractivity contribution in [1.82, 2.24) is 10.6 Å². The summed E-state index contributed by atoms with van der Waals surface area (Å²) in [5.74, 6) is 0. The van der Waals surface area contributed by atoms with Crippen LogP contribution in [0, 0.1) is 0 Å². The highest BCUT2D eigenvalue weighted by Crippen LogP contribution is 2.06. The van der Waals surface area contributed by atoms with Crippen LogP contribution in [0.2, 0.25) is 0 Å². The zero-order chi connectivity index (χ0) is 11.5. The van der Waals surface area contributed by atoms with E-state index in [2.05, 4.69) is 10.6 Å². The molecule has 1 saturated heterocycles. The van der Waals surface area contributed by atoms with Crippen LogP contribution >= 0.6 is 0 Å². The van der Waals surface area contributed by atoms with Crippen molar-refractivity contribution in [2.75, 3.05) is 13.1 Å². The molecule has 1 rings (SSSR count). The third-order valence-corrected chi connectivity index (χ3v) is 1.62. The first-order chi connectivity index (χ1) is 6.87. The van der Waals surface area contributed by atoms with Gasteiger partial charge in [0.25, 0.3) is 0 Å². The molecular formula is C9H16N2O4. The molecule has 0 spiro atoms. The van der Waals surface area contributed by atoms with Gasteiger partial charge in [-0.25, -0.2) is 9.59 Å². The van der Waals surface area contributed by atoms with Crippen LogP contribution in [0.25, 0.3) is 0 Å². The number of cyclic esters (lactones) is 1. The molecule has 1 atom stereocenters. The molecule has 86 valence electrons. The minimum atomic E-state index is -0.519. The molecule has 0 aromatic heterocycles. The average molecular weight is 216 g/mol. The van der Waals surface area contributed by atoms with E-state index in [0.29, 0.717) is 6.54 Å². The minimum Gasteiger partial charge on any atom is -0.444 e. The van der Waals surface area contributed by atoms with Crippen molar-refractivity contribution in [2.45, 2.75) is 32.5 Å². The molecule has 1 fully saturated rings. The van der Waals surface area contributed by atoms with Crippen LogP contribution in [0.3, 0.4) is 0 Å². The molecule has 1 heterocycles. The van der Waals surface area contributed by atoms with Gasteiger partial charge in [-0.3, -0.25) is 0 Å². The van der Waals surface area contributed by atoms with Gasteiger partial charge in [-0.1, -0.05) is 0 Å². The summed E-state index contributed by atoms with van der Waals surface area (Å²) in [6.45, 7) is 6.01. The minimum absolute atomic E-state index is 0.258. The lowest BCUT2D eigenvalue weighted by Crippen LogP contribution is -2.37. The predicted molar refractivity (Wildman–Crippen MR) is 52.5 cm³/mol. The Bertz CT molecular complexity index is 259. The first-order valence-electron chi connectivity index (χ1n) is 4.78. The molecule has 0 saturated carbocycles. The van der Waals surface area contributed by atoms with Crippen molar-refractivity contribution < 1.29 is 19.1 Å². The zero-order valence-electron chi connectivity index (χ0n) is 9.12. The molecule has 2 N–H and O–H groups in total. The number of alkyl carbamates (subject to hydrolysis) is 2. The van der Waals surface area contributed by atoms with Gasteiger partial charge < -0.3 is 20.1 Å². The maximum absolute atomic E-state index is 11.2. The predicted octanol–water partition coefficient (Wildman–Crippen LogP) is 0.620. The number of hydrogen-bond acceptors (Lipinski definition) is 4. The Labute approximate surface area is 88.3 Å². The Hall–Kier alpha value is -1.46. The van der Waals surface area contributed by atoms with Crippen molar-refractivity contribution in [3.05, 3.63) is 0 Å². The van der Waals surface area contributed by atoms with Crippen molar-refractivity contribution in [1.29, 1.82) is 0 Å². The highest BCUT2D eigenvalue weighted by molar-refractivity contribution is 5.70. The van der Waals surface area contributed by atoms with Gasteiger partial charge >= 0.3 is 12.2 Å². The normalized spacial score (nSPS) is 20.5. The third kappa shape index (κ3) is 4.53. The summed E-state index contributed by atoms with van der Waals surface area (Å²) in [5, 5.41) is 5.01. The molecule has 0 aliphatic carbocycles. The first-order valence-corrected chi connectivity index (χ1v) is 4.78. The quantitative estimate of drug-likeness (QED) is 0.709. The van der Waals surface area contributed by atoms with Gasteiger partial charge in [0.2, 0.25) is 0 Å². The highest BCUT2D eigenvalue weighted by atomic mass is 16.6. The molecule has 0 aromatic carbocycles. The largest absolute Gasteiger partial charge is 0.444 e. The number of rotatable bonds is 2. The Kier molecular flexibility index (Phi) is 3.39. The molecule has 1 aliphatic rings. The van der Waals surface area contributed by atoms with Crippen LogP contribution < -0.4 is 10.6 Å². The van der Waals surface area contributed by atoms with E-state index in [0.717, 1.165) is 0 Å². The molecule has 6 heteroatoms. The Morgan fingerprint density at radius 3 is 2.80 bits per heavy atom. The van der Waals surface area contributed by atoms with Gasteiger partial charge in [-0.05, 0) is 20.8 Å². The molecule has 2 amide bonds. The van der Waals surface area contributed by atoms with Crippen LogP contribution in [0.5, 0.6) is 0 Å². The van der Waals surface area contributed by atoms with Gasteiger partial charge in [-0.15, -0.1) is 0 Å². The summed E-state index contributed by atoms with van der Waals surface area (Å²) in [7, 11) is 0. The first kappa shape index (κ1) is 11.6. The fourth-order valence-electron chi connectivity index (χ4n) is 1.06. The fraction of sp³-hybridized carbons (Fsp3) is 0.778. The second-order valence-corrected chi connectivity index (χ2v) is 4.29. The Balaban J connectivity index is 2.20. The molecule has 0 aromatic rings. The van der Waals surface area contributed by atoms with Crippen LogP contribution in [-0.2, 0) is 9.47 Å². The van der Waals surface area contributed by atoms with Crippen LogP contribution in [-0.4, -0.2) is 37.0 Å². The lowest BCUT2D eigenvalue weighted by molar-refractivity contribution is 0.0496. The maximum Gasteiger partial charge on any atom is 0.407 e. The van der Waals surface area contributed by atoms with Gasteiger partial charge in [0.1, 0.15) is 11.7 Å². The second-order valence-electron chi connectivity index (χ2n) is 4.29. The zero-order valence-corrected chi connectivity index (χ0v) is 9.12. The molecule has 0 bridgehead atoms. The van der Waals surface area contributed by atoms with E-state index in [-0.39, 0.29) is 12.6 Å². The van der Waals surface area contributed by atoms with Crippen LogP contribution in [0.15, 0.2) is 0 Å². The highest BCUT2D eigenvalue weighted by Gasteiger charge is 2.23. The number of carbonyl (C=O) groups is 2. The van der Waals surface area contributed by atoms with E-state index in [4.69, 9.17) is 9.47 Å². The summed E-state index contributed by atoms with van der Waals surface area (Å²) in [4.78, 5) is 21.9. The summed E-state index contributed by atoms with van der Waals surface area (Å²) in [5.41, 5.74) is -0.519. The summed E-state index contributed by atoms with van der Waals surface area (Å²) < 4.78 is 9.83. The smallest absolute Gasteiger partial charge is 0.407 e. The van der Waals surface area contributed by atoms with Crippen molar-refractivity contribution in [3.63, 3.8) is 0 Å². The van der Waals surface area contributed by atoms with Gasteiger partial charge in [0.05, 0.1) is 13.1 Å². The monoisotopic (exact) mass is 216 g/mol. The van der Waals surface area contributed by atoms with Crippen molar-refractivity contribution in [3.8, 4) is 0 Å². The molecule has 0 radical (unpaired) electrons. The number of carbonyl (C=O) groups excluding carboxylic acids is 2. The molecule has 6 nitrogen and oxygen atoms in total. The van der Waals surface area contributed by atoms with Crippen molar-refractivity contribution >= 4 is 12.2 Å². The fourth-order valence-corrected chi connectivity index (χ4v) is 1.06. The standard InChI is InChI=1S/C9H16N2O4/c1-9(2,3)15-8(13)11-5-6-4-10-7(12)14-6/h6H,4-5H2,1-3H3,(H,10,12)(H,11,13)/t6-/m0/s1. The molecule has 0 unspecified atom stereocenters. The number of amides is 2. The molecule has 15 heavy (non-hydrogen) atoms. The van der Waals surface area contributed by atoms with Gasteiger partial charge in [0.15, 0.2) is 0 Å². The number of hydrogen-bond donors (Lipinski definition) is 2. The van der Waals surface area contributed by atoms with Crippen LogP contribution in [0.4, 0.5) is 9.59 Å². The lowest BCUT2D eigenvalue weighted by atomic mass is 10.2. The van der Waals surface area contributed by atoms with Gasteiger partial charge in [0, 0.05) is 0 Å². The summed E-state index contributed by atoms with van der Waals surface area (Å²) in [6, 6.07) is 0. The summed E-state index contributed by atoms with van der Waals surface area (Å²) >= 11 is 0. The van der Waals surface area contributed by atoms with E-state index in [1.165, 1.54) is 0 Å². The van der Waals surface area contributed by atoms with Crippen molar-refractivity contribution in [2.24, 2.45) is 0 Å². The lowest BCUT2D eigenvalue weighted by Gasteiger charge is -2.20. The SMILES string of the molecule is CC(C)(C)OC(=O)NC[C@@H]1CNC(=O)O1. The van der Waals surface area contributed by atoms with Gasteiger partial charge in [-0.2, -0.15) is 0 Å². The van der Waals surface area contributed by atoms with Crippen LogP contribution in [0.1, 0.15) is 20.8 Å². The van der Waals surface area contributed by atoms with E-state index < -0.39 is 17.8 Å². The Morgan fingerprint density at radius 1 is 1.67 bits per heavy atom. The second kappa shape index (κ2) is 4.37.